The Hall–Kier alpha value is -2.03. The molecule has 3 amide bonds. The topological polar surface area (TPSA) is 118 Å². The second-order valence-corrected chi connectivity index (χ2v) is 2.35. The summed E-state index contributed by atoms with van der Waals surface area (Å²) >= 11 is 0. The summed E-state index contributed by atoms with van der Waals surface area (Å²) in [6.07, 6.45) is -0.639. The summed E-state index contributed by atoms with van der Waals surface area (Å²) in [5, 5.41) is 0. The molecule has 16 heavy (non-hydrogen) atoms. The molecule has 92 valence electrons. The molecule has 0 spiro atoms. The lowest BCUT2D eigenvalue weighted by molar-refractivity contribution is -0.152. The van der Waals surface area contributed by atoms with E-state index in [4.69, 9.17) is 0 Å². The number of hydrogen-bond donors (Lipinski definition) is 4. The average Bonchev–Trinajstić information content (AvgIpc) is 2.26. The maximum absolute atomic E-state index is 10.9. The van der Waals surface area contributed by atoms with Crippen LogP contribution in [0, 0.1) is 0 Å². The quantitative estimate of drug-likeness (QED) is 0.479. The van der Waals surface area contributed by atoms with Crippen LogP contribution in [-0.2, 0) is 14.4 Å². The predicted molar refractivity (Wildman–Crippen MR) is 51.3 cm³/mol. The molecular formula is C7H14N4O5. The zero-order chi connectivity index (χ0) is 12.4. The van der Waals surface area contributed by atoms with Gasteiger partial charge in [-0.15, -0.1) is 0 Å². The van der Waals surface area contributed by atoms with Gasteiger partial charge in [-0.25, -0.2) is 25.9 Å². The van der Waals surface area contributed by atoms with Crippen molar-refractivity contribution in [3.8, 4) is 0 Å². The van der Waals surface area contributed by atoms with Crippen LogP contribution < -0.4 is 21.9 Å². The van der Waals surface area contributed by atoms with Crippen molar-refractivity contribution < 1.29 is 24.0 Å². The standard InChI is InChI=1S/C7H14N4O5/c1-3-5(12)16-11-9-6(13)8-10-7(14)15-4-2/h11H,3-4H2,1-2H3,(H,10,14)(H2,8,9,13). The van der Waals surface area contributed by atoms with Gasteiger partial charge in [0.2, 0.25) is 0 Å². The minimum Gasteiger partial charge on any atom is -0.449 e. The van der Waals surface area contributed by atoms with Gasteiger partial charge in [-0.05, 0) is 6.92 Å². The van der Waals surface area contributed by atoms with E-state index in [2.05, 4.69) is 9.57 Å². The molecule has 0 aromatic rings. The molecule has 9 heteroatoms. The number of ether oxygens (including phenoxy) is 1. The Morgan fingerprint density at radius 1 is 1.06 bits per heavy atom. The van der Waals surface area contributed by atoms with E-state index in [0.29, 0.717) is 0 Å². The predicted octanol–water partition coefficient (Wildman–Crippen LogP) is -0.680. The van der Waals surface area contributed by atoms with E-state index < -0.39 is 18.1 Å². The van der Waals surface area contributed by atoms with Crippen molar-refractivity contribution in [2.45, 2.75) is 20.3 Å². The molecule has 0 aliphatic heterocycles. The highest BCUT2D eigenvalue weighted by Crippen LogP contribution is 1.77. The van der Waals surface area contributed by atoms with E-state index >= 15 is 0 Å². The molecule has 0 rings (SSSR count). The summed E-state index contributed by atoms with van der Waals surface area (Å²) in [6.45, 7) is 3.39. The molecule has 0 bridgehead atoms. The zero-order valence-corrected chi connectivity index (χ0v) is 8.96. The summed E-state index contributed by atoms with van der Waals surface area (Å²) in [6, 6.07) is -0.822. The highest BCUT2D eigenvalue weighted by molar-refractivity contribution is 5.77. The molecule has 0 radical (unpaired) electrons. The van der Waals surface area contributed by atoms with Gasteiger partial charge in [0.25, 0.3) is 0 Å². The Balaban J connectivity index is 3.52. The Labute approximate surface area is 91.7 Å². The number of hydrogen-bond acceptors (Lipinski definition) is 6. The first-order valence-electron chi connectivity index (χ1n) is 4.53. The van der Waals surface area contributed by atoms with Crippen molar-refractivity contribution in [3.63, 3.8) is 0 Å². The normalized spacial score (nSPS) is 8.88. The fraction of sp³-hybridized carbons (Fsp3) is 0.571. The van der Waals surface area contributed by atoms with Crippen LogP contribution in [0.25, 0.3) is 0 Å². The smallest absolute Gasteiger partial charge is 0.426 e. The Morgan fingerprint density at radius 2 is 1.75 bits per heavy atom. The summed E-state index contributed by atoms with van der Waals surface area (Å²) in [5.41, 5.74) is 7.68. The van der Waals surface area contributed by atoms with Crippen LogP contribution in [-0.4, -0.2) is 24.7 Å². The van der Waals surface area contributed by atoms with Gasteiger partial charge >= 0.3 is 18.1 Å². The number of rotatable bonds is 4. The molecule has 0 aromatic heterocycles. The Bertz CT molecular complexity index is 257. The number of amides is 3. The van der Waals surface area contributed by atoms with Crippen LogP contribution in [0.1, 0.15) is 20.3 Å². The van der Waals surface area contributed by atoms with Crippen molar-refractivity contribution in [3.05, 3.63) is 0 Å². The van der Waals surface area contributed by atoms with Gasteiger partial charge in [-0.3, -0.25) is 4.79 Å². The fourth-order valence-electron chi connectivity index (χ4n) is 0.507. The van der Waals surface area contributed by atoms with E-state index in [-0.39, 0.29) is 13.0 Å². The van der Waals surface area contributed by atoms with Gasteiger partial charge < -0.3 is 9.57 Å². The van der Waals surface area contributed by atoms with E-state index in [1.807, 2.05) is 21.9 Å². The van der Waals surface area contributed by atoms with E-state index in [9.17, 15) is 14.4 Å². The number of carbonyl (C=O) groups excluding carboxylic acids is 3. The third kappa shape index (κ3) is 7.38. The molecular weight excluding hydrogens is 220 g/mol. The molecule has 0 unspecified atom stereocenters. The molecule has 4 N–H and O–H groups in total. The summed E-state index contributed by atoms with van der Waals surface area (Å²) in [7, 11) is 0. The average molecular weight is 234 g/mol. The molecule has 0 saturated heterocycles. The lowest BCUT2D eigenvalue weighted by Gasteiger charge is -2.08. The van der Waals surface area contributed by atoms with Gasteiger partial charge in [0.05, 0.1) is 6.61 Å². The van der Waals surface area contributed by atoms with E-state index in [1.165, 1.54) is 0 Å². The number of nitrogens with one attached hydrogen (secondary N) is 4. The van der Waals surface area contributed by atoms with Crippen molar-refractivity contribution in [2.75, 3.05) is 6.61 Å². The Morgan fingerprint density at radius 3 is 2.31 bits per heavy atom. The van der Waals surface area contributed by atoms with Crippen LogP contribution in [0.2, 0.25) is 0 Å². The lowest BCUT2D eigenvalue weighted by Crippen LogP contribution is -2.51. The SMILES string of the molecule is CCOC(=O)NNC(=O)NNOC(=O)CC. The molecule has 0 aliphatic carbocycles. The van der Waals surface area contributed by atoms with Crippen LogP contribution in [0.3, 0.4) is 0 Å². The largest absolute Gasteiger partial charge is 0.449 e. The van der Waals surface area contributed by atoms with Crippen molar-refractivity contribution in [1.29, 1.82) is 0 Å². The maximum Gasteiger partial charge on any atom is 0.426 e. The minimum atomic E-state index is -0.822. The van der Waals surface area contributed by atoms with E-state index in [1.54, 1.807) is 13.8 Å². The molecule has 0 aliphatic rings. The molecule has 0 fully saturated rings. The molecule has 0 aromatic carbocycles. The summed E-state index contributed by atoms with van der Waals surface area (Å²) < 4.78 is 4.45. The molecule has 9 nitrogen and oxygen atoms in total. The second-order valence-electron chi connectivity index (χ2n) is 2.35. The Kier molecular flexibility index (Phi) is 7.24. The van der Waals surface area contributed by atoms with Crippen LogP contribution in [0.5, 0.6) is 0 Å². The van der Waals surface area contributed by atoms with Gasteiger partial charge in [-0.2, -0.15) is 0 Å². The van der Waals surface area contributed by atoms with Crippen molar-refractivity contribution >= 4 is 18.1 Å². The lowest BCUT2D eigenvalue weighted by atomic mass is 10.5. The van der Waals surface area contributed by atoms with Crippen LogP contribution in [0.15, 0.2) is 0 Å². The fourth-order valence-corrected chi connectivity index (χ4v) is 0.507. The number of carbonyl (C=O) groups is 3. The van der Waals surface area contributed by atoms with Crippen LogP contribution in [0.4, 0.5) is 9.59 Å². The van der Waals surface area contributed by atoms with Crippen molar-refractivity contribution in [1.82, 2.24) is 21.9 Å². The highest BCUT2D eigenvalue weighted by Gasteiger charge is 2.04. The summed E-state index contributed by atoms with van der Waals surface area (Å²) in [5.74, 6) is -0.543. The first-order chi connectivity index (χ1) is 7.60. The minimum absolute atomic E-state index is 0.164. The molecule has 0 heterocycles. The first-order valence-corrected chi connectivity index (χ1v) is 4.53. The van der Waals surface area contributed by atoms with Crippen molar-refractivity contribution in [2.24, 2.45) is 0 Å². The number of hydrazine groups is 2. The van der Waals surface area contributed by atoms with Gasteiger partial charge in [0.1, 0.15) is 0 Å². The second kappa shape index (κ2) is 8.29. The third-order valence-corrected chi connectivity index (χ3v) is 1.17. The maximum atomic E-state index is 10.9. The first kappa shape index (κ1) is 14.0. The van der Waals surface area contributed by atoms with E-state index in [0.717, 1.165) is 0 Å². The monoisotopic (exact) mass is 234 g/mol. The zero-order valence-electron chi connectivity index (χ0n) is 8.96. The number of urea groups is 1. The van der Waals surface area contributed by atoms with Gasteiger partial charge in [-0.1, -0.05) is 12.5 Å². The van der Waals surface area contributed by atoms with Gasteiger partial charge in [0, 0.05) is 6.42 Å². The molecule has 0 saturated carbocycles. The molecule has 0 atom stereocenters. The summed E-state index contributed by atoms with van der Waals surface area (Å²) in [4.78, 5) is 36.5. The van der Waals surface area contributed by atoms with Gasteiger partial charge in [0.15, 0.2) is 0 Å². The highest BCUT2D eigenvalue weighted by atomic mass is 16.7. The van der Waals surface area contributed by atoms with Crippen LogP contribution >= 0.6 is 0 Å². The third-order valence-electron chi connectivity index (χ3n) is 1.17.